The number of methoxy groups -OCH3 is 2. The van der Waals surface area contributed by atoms with Gasteiger partial charge in [0.15, 0.2) is 23.0 Å². The van der Waals surface area contributed by atoms with E-state index < -0.39 is 23.1 Å². The van der Waals surface area contributed by atoms with E-state index >= 15 is 0 Å². The van der Waals surface area contributed by atoms with Gasteiger partial charge in [-0.1, -0.05) is 18.2 Å². The Labute approximate surface area is 227 Å². The smallest absolute Gasteiger partial charge is 0.453 e. The SMILES string of the molecule is CCOc1ccccc1Oc1c(C(F)(F)F)oc2c3c(ccc2c1=O)OCN(Cc1ccc(OC)c(OC)c1)C3. The molecule has 0 aliphatic carbocycles. The van der Waals surface area contributed by atoms with Crippen LogP contribution < -0.4 is 29.1 Å². The van der Waals surface area contributed by atoms with Crippen molar-refractivity contribution in [2.75, 3.05) is 27.6 Å². The number of halogens is 3. The van der Waals surface area contributed by atoms with Gasteiger partial charge in [-0.3, -0.25) is 9.69 Å². The highest BCUT2D eigenvalue weighted by Gasteiger charge is 2.41. The van der Waals surface area contributed by atoms with Gasteiger partial charge in [-0.05, 0) is 48.9 Å². The molecule has 2 heterocycles. The Morgan fingerprint density at radius 3 is 2.40 bits per heavy atom. The fourth-order valence-electron chi connectivity index (χ4n) is 4.53. The quantitative estimate of drug-likeness (QED) is 0.247. The van der Waals surface area contributed by atoms with Gasteiger partial charge in [0.1, 0.15) is 18.1 Å². The normalized spacial score (nSPS) is 13.4. The van der Waals surface area contributed by atoms with E-state index in [0.717, 1.165) is 5.56 Å². The van der Waals surface area contributed by atoms with Crippen molar-refractivity contribution in [1.29, 1.82) is 0 Å². The largest absolute Gasteiger partial charge is 0.493 e. The molecular formula is C29H26F3NO7. The van der Waals surface area contributed by atoms with Gasteiger partial charge in [0.25, 0.3) is 5.76 Å². The minimum atomic E-state index is -5.01. The van der Waals surface area contributed by atoms with E-state index in [2.05, 4.69) is 0 Å². The zero-order valence-electron chi connectivity index (χ0n) is 22.0. The van der Waals surface area contributed by atoms with Crippen LogP contribution in [0.2, 0.25) is 0 Å². The van der Waals surface area contributed by atoms with E-state index in [-0.39, 0.29) is 42.4 Å². The Kier molecular flexibility index (Phi) is 7.49. The van der Waals surface area contributed by atoms with Crippen LogP contribution in [0.25, 0.3) is 11.0 Å². The summed E-state index contributed by atoms with van der Waals surface area (Å²) in [6, 6.07) is 14.5. The van der Waals surface area contributed by atoms with Crippen molar-refractivity contribution >= 4 is 11.0 Å². The number of benzene rings is 3. The average Bonchev–Trinajstić information content (AvgIpc) is 2.94. The molecule has 0 atom stereocenters. The van der Waals surface area contributed by atoms with Crippen LogP contribution >= 0.6 is 0 Å². The average molecular weight is 558 g/mol. The molecule has 11 heteroatoms. The van der Waals surface area contributed by atoms with Gasteiger partial charge in [-0.25, -0.2) is 0 Å². The lowest BCUT2D eigenvalue weighted by Crippen LogP contribution is -2.32. The minimum Gasteiger partial charge on any atom is -0.493 e. The van der Waals surface area contributed by atoms with Crippen LogP contribution in [0.5, 0.6) is 34.5 Å². The van der Waals surface area contributed by atoms with E-state index in [1.165, 1.54) is 32.4 Å². The Balaban J connectivity index is 1.55. The summed E-state index contributed by atoms with van der Waals surface area (Å²) < 4.78 is 75.6. The Morgan fingerprint density at radius 2 is 1.70 bits per heavy atom. The summed E-state index contributed by atoms with van der Waals surface area (Å²) in [6.45, 7) is 2.72. The molecule has 1 aliphatic rings. The van der Waals surface area contributed by atoms with Crippen molar-refractivity contribution in [2.24, 2.45) is 0 Å². The van der Waals surface area contributed by atoms with Crippen molar-refractivity contribution in [2.45, 2.75) is 26.2 Å². The highest BCUT2D eigenvalue weighted by Crippen LogP contribution is 2.42. The van der Waals surface area contributed by atoms with Crippen molar-refractivity contribution in [1.82, 2.24) is 4.90 Å². The molecule has 5 rings (SSSR count). The Hall–Kier alpha value is -4.38. The molecule has 0 saturated heterocycles. The fraction of sp³-hybridized carbons (Fsp3) is 0.276. The second-order valence-electron chi connectivity index (χ2n) is 8.94. The summed E-state index contributed by atoms with van der Waals surface area (Å²) in [4.78, 5) is 15.3. The number of ether oxygens (including phenoxy) is 5. The number of alkyl halides is 3. The lowest BCUT2D eigenvalue weighted by atomic mass is 10.1. The zero-order chi connectivity index (χ0) is 28.4. The second-order valence-corrected chi connectivity index (χ2v) is 8.94. The first-order valence-electron chi connectivity index (χ1n) is 12.4. The molecule has 40 heavy (non-hydrogen) atoms. The minimum absolute atomic E-state index is 0.0381. The molecule has 1 aliphatic heterocycles. The van der Waals surface area contributed by atoms with Gasteiger partial charge in [-0.15, -0.1) is 0 Å². The van der Waals surface area contributed by atoms with Crippen molar-refractivity contribution in [3.8, 4) is 34.5 Å². The summed E-state index contributed by atoms with van der Waals surface area (Å²) in [5, 5.41) is -0.0628. The maximum Gasteiger partial charge on any atom is 0.453 e. The third-order valence-electron chi connectivity index (χ3n) is 6.34. The number of rotatable bonds is 8. The molecule has 8 nitrogen and oxygen atoms in total. The summed E-state index contributed by atoms with van der Waals surface area (Å²) in [6.07, 6.45) is -5.01. The molecule has 0 N–H and O–H groups in total. The summed E-state index contributed by atoms with van der Waals surface area (Å²) in [5.74, 6) is -0.898. The van der Waals surface area contributed by atoms with E-state index in [1.54, 1.807) is 31.2 Å². The topological polar surface area (TPSA) is 79.6 Å². The number of hydrogen-bond acceptors (Lipinski definition) is 8. The lowest BCUT2D eigenvalue weighted by Gasteiger charge is -2.29. The molecule has 0 unspecified atom stereocenters. The second kappa shape index (κ2) is 11.0. The fourth-order valence-corrected chi connectivity index (χ4v) is 4.53. The maximum atomic E-state index is 14.2. The molecule has 0 bridgehead atoms. The van der Waals surface area contributed by atoms with Gasteiger partial charge in [-0.2, -0.15) is 13.2 Å². The summed E-state index contributed by atoms with van der Waals surface area (Å²) in [7, 11) is 3.07. The van der Waals surface area contributed by atoms with Gasteiger partial charge in [0, 0.05) is 13.1 Å². The van der Waals surface area contributed by atoms with E-state index in [0.29, 0.717) is 29.4 Å². The first kappa shape index (κ1) is 27.2. The van der Waals surface area contributed by atoms with Crippen LogP contribution in [0.1, 0.15) is 23.8 Å². The van der Waals surface area contributed by atoms with E-state index in [1.807, 2.05) is 17.0 Å². The zero-order valence-corrected chi connectivity index (χ0v) is 22.0. The van der Waals surface area contributed by atoms with Gasteiger partial charge in [0.2, 0.25) is 11.2 Å². The van der Waals surface area contributed by atoms with Crippen LogP contribution in [0, 0.1) is 0 Å². The van der Waals surface area contributed by atoms with E-state index in [9.17, 15) is 18.0 Å². The van der Waals surface area contributed by atoms with Gasteiger partial charge < -0.3 is 28.1 Å². The predicted octanol–water partition coefficient (Wildman–Crippen LogP) is 6.37. The molecule has 0 saturated carbocycles. The number of hydrogen-bond donors (Lipinski definition) is 0. The third kappa shape index (κ3) is 5.24. The molecule has 0 radical (unpaired) electrons. The molecule has 0 amide bonds. The van der Waals surface area contributed by atoms with Crippen LogP contribution in [-0.2, 0) is 19.3 Å². The summed E-state index contributed by atoms with van der Waals surface area (Å²) in [5.41, 5.74) is 0.0242. The number of nitrogens with zero attached hydrogens (tertiary/aromatic N) is 1. The Morgan fingerprint density at radius 1 is 0.950 bits per heavy atom. The first-order valence-corrected chi connectivity index (χ1v) is 12.4. The van der Waals surface area contributed by atoms with Crippen LogP contribution in [0.15, 0.2) is 63.8 Å². The van der Waals surface area contributed by atoms with E-state index in [4.69, 9.17) is 28.1 Å². The molecule has 3 aromatic carbocycles. The molecular weight excluding hydrogens is 531 g/mol. The van der Waals surface area contributed by atoms with Crippen molar-refractivity contribution in [3.05, 3.63) is 81.7 Å². The maximum absolute atomic E-state index is 14.2. The van der Waals surface area contributed by atoms with Gasteiger partial charge >= 0.3 is 6.18 Å². The Bertz CT molecular complexity index is 1600. The monoisotopic (exact) mass is 557 g/mol. The molecule has 0 fully saturated rings. The predicted molar refractivity (Wildman–Crippen MR) is 139 cm³/mol. The van der Waals surface area contributed by atoms with Crippen LogP contribution in [-0.4, -0.2) is 32.5 Å². The lowest BCUT2D eigenvalue weighted by molar-refractivity contribution is -0.154. The molecule has 4 aromatic rings. The van der Waals surface area contributed by atoms with Crippen LogP contribution in [0.3, 0.4) is 0 Å². The molecule has 1 aromatic heterocycles. The standard InChI is InChI=1S/C29H26F3NO7/c1-4-37-22-7-5-6-8-23(22)39-27-25(34)18-10-12-20-19(26(18)40-28(27)29(30,31)32)15-33(16-38-20)14-17-9-11-21(35-2)24(13-17)36-3/h5-13H,4,14-16H2,1-3H3. The number of para-hydroxylation sites is 2. The van der Waals surface area contributed by atoms with Crippen molar-refractivity contribution < 1.29 is 41.3 Å². The van der Waals surface area contributed by atoms with Gasteiger partial charge in [0.05, 0.1) is 31.8 Å². The summed E-state index contributed by atoms with van der Waals surface area (Å²) >= 11 is 0. The molecule has 0 spiro atoms. The van der Waals surface area contributed by atoms with Crippen LogP contribution in [0.4, 0.5) is 13.2 Å². The van der Waals surface area contributed by atoms with Crippen molar-refractivity contribution in [3.63, 3.8) is 0 Å². The molecule has 210 valence electrons. The highest BCUT2D eigenvalue weighted by atomic mass is 19.4. The highest BCUT2D eigenvalue weighted by molar-refractivity contribution is 5.84. The third-order valence-corrected chi connectivity index (χ3v) is 6.34. The first-order chi connectivity index (χ1) is 19.2. The number of fused-ring (bicyclic) bond motifs is 3.